The standard InChI is InChI=1S/C41H70O6SSi2/c1-14-15-22-31(2)29-33(46-49(10,11)40(3,4)5)26-27-34-35(47-50(12,13)41(6,7)8)30-36(45-39(43)32-23-18-16-19-24-32)38(34)48-28-21-17-20-25-37(42)44-9/h16,18-19,23-24,26-27,31,33-35H,14-15,17,20-22,25,28-30H2,1-13H3/b27-26+/t31-,33-,34+,35-/m1/s1. The third-order valence-corrected chi connectivity index (χ3v) is 21.1. The molecule has 0 saturated carbocycles. The Morgan fingerprint density at radius 2 is 1.58 bits per heavy atom. The summed E-state index contributed by atoms with van der Waals surface area (Å²) in [6.45, 7) is 27.6. The van der Waals surface area contributed by atoms with Crippen LogP contribution < -0.4 is 0 Å². The minimum Gasteiger partial charge on any atom is -0.469 e. The number of esters is 2. The van der Waals surface area contributed by atoms with Crippen molar-refractivity contribution in [3.8, 4) is 0 Å². The molecule has 2 rings (SSSR count). The third kappa shape index (κ3) is 14.1. The van der Waals surface area contributed by atoms with Crippen molar-refractivity contribution < 1.29 is 27.9 Å². The number of rotatable bonds is 20. The number of ether oxygens (including phenoxy) is 2. The number of hydrogen-bond donors (Lipinski definition) is 0. The Bertz CT molecular complexity index is 1260. The van der Waals surface area contributed by atoms with E-state index in [2.05, 4.69) is 93.7 Å². The van der Waals surface area contributed by atoms with Crippen LogP contribution in [-0.2, 0) is 23.1 Å². The largest absolute Gasteiger partial charge is 0.469 e. The molecule has 0 saturated heterocycles. The molecule has 0 unspecified atom stereocenters. The van der Waals surface area contributed by atoms with Gasteiger partial charge in [0.1, 0.15) is 5.76 Å². The van der Waals surface area contributed by atoms with Crippen molar-refractivity contribution in [1.82, 2.24) is 0 Å². The molecule has 9 heteroatoms. The first kappa shape index (κ1) is 44.5. The summed E-state index contributed by atoms with van der Waals surface area (Å²) in [6, 6.07) is 9.23. The molecule has 1 aliphatic rings. The summed E-state index contributed by atoms with van der Waals surface area (Å²) in [5.74, 6) is 1.57. The highest BCUT2D eigenvalue weighted by Gasteiger charge is 2.45. The van der Waals surface area contributed by atoms with Crippen molar-refractivity contribution in [2.24, 2.45) is 11.8 Å². The highest BCUT2D eigenvalue weighted by Crippen LogP contribution is 2.47. The lowest BCUT2D eigenvalue weighted by atomic mass is 9.96. The van der Waals surface area contributed by atoms with E-state index in [0.717, 1.165) is 42.1 Å². The van der Waals surface area contributed by atoms with Gasteiger partial charge in [-0.1, -0.05) is 111 Å². The zero-order chi connectivity index (χ0) is 37.8. The Morgan fingerprint density at radius 1 is 0.940 bits per heavy atom. The second-order valence-corrected chi connectivity index (χ2v) is 27.9. The summed E-state index contributed by atoms with van der Waals surface area (Å²) < 4.78 is 25.4. The van der Waals surface area contributed by atoms with Gasteiger partial charge in [0.25, 0.3) is 0 Å². The molecule has 50 heavy (non-hydrogen) atoms. The Hall–Kier alpha value is -1.66. The van der Waals surface area contributed by atoms with Gasteiger partial charge in [0.05, 0.1) is 24.9 Å². The van der Waals surface area contributed by atoms with E-state index in [1.54, 1.807) is 23.9 Å². The highest BCUT2D eigenvalue weighted by atomic mass is 32.2. The third-order valence-electron chi connectivity index (χ3n) is 10.8. The summed E-state index contributed by atoms with van der Waals surface area (Å²) in [7, 11) is -2.79. The first-order chi connectivity index (χ1) is 23.2. The van der Waals surface area contributed by atoms with Gasteiger partial charge in [-0.15, -0.1) is 11.8 Å². The number of unbranched alkanes of at least 4 members (excludes halogenated alkanes) is 3. The van der Waals surface area contributed by atoms with Crippen molar-refractivity contribution in [3.63, 3.8) is 0 Å². The molecular formula is C41H70O6SSi2. The van der Waals surface area contributed by atoms with Gasteiger partial charge in [-0.3, -0.25) is 4.79 Å². The number of benzene rings is 1. The molecule has 0 fully saturated rings. The summed E-state index contributed by atoms with van der Waals surface area (Å²) in [4.78, 5) is 26.2. The van der Waals surface area contributed by atoms with Crippen LogP contribution in [0.4, 0.5) is 0 Å². The fraction of sp³-hybridized carbons (Fsp3) is 0.707. The zero-order valence-electron chi connectivity index (χ0n) is 33.8. The van der Waals surface area contributed by atoms with Crippen molar-refractivity contribution in [2.75, 3.05) is 12.9 Å². The Morgan fingerprint density at radius 3 is 2.16 bits per heavy atom. The van der Waals surface area contributed by atoms with Gasteiger partial charge in [0, 0.05) is 23.7 Å². The lowest BCUT2D eigenvalue weighted by molar-refractivity contribution is -0.140. The lowest BCUT2D eigenvalue weighted by Gasteiger charge is -2.40. The quantitative estimate of drug-likeness (QED) is 0.0569. The van der Waals surface area contributed by atoms with Crippen molar-refractivity contribution in [3.05, 3.63) is 58.7 Å². The van der Waals surface area contributed by atoms with Crippen LogP contribution in [0.5, 0.6) is 0 Å². The topological polar surface area (TPSA) is 71.1 Å². The number of thioether (sulfide) groups is 1. The van der Waals surface area contributed by atoms with Gasteiger partial charge in [-0.05, 0) is 79.3 Å². The van der Waals surface area contributed by atoms with Gasteiger partial charge >= 0.3 is 11.9 Å². The van der Waals surface area contributed by atoms with Crippen molar-refractivity contribution >= 4 is 40.3 Å². The fourth-order valence-electron chi connectivity index (χ4n) is 5.52. The van der Waals surface area contributed by atoms with E-state index in [9.17, 15) is 9.59 Å². The lowest BCUT2D eigenvalue weighted by Crippen LogP contribution is -2.45. The maximum absolute atomic E-state index is 13.5. The molecular weight excluding hydrogens is 677 g/mol. The SMILES string of the molecule is CCCC[C@@H](C)C[C@@H](/C=C/[C@@H]1C(SCCCCCC(=O)OC)=C(OC(=O)c2ccccc2)C[C@H]1O[Si](C)(C)C(C)(C)C)O[Si](C)(C)C(C)(C)C. The number of methoxy groups -OCH3 is 1. The van der Waals surface area contributed by atoms with Crippen molar-refractivity contribution in [2.45, 2.75) is 162 Å². The Kier molecular flexibility index (Phi) is 17.8. The molecule has 0 radical (unpaired) electrons. The molecule has 4 atom stereocenters. The minimum atomic E-state index is -2.18. The summed E-state index contributed by atoms with van der Waals surface area (Å²) in [5, 5.41) is 0.126. The van der Waals surface area contributed by atoms with Gasteiger partial charge in [-0.25, -0.2) is 4.79 Å². The molecule has 0 N–H and O–H groups in total. The minimum absolute atomic E-state index is 0.00300. The smallest absolute Gasteiger partial charge is 0.343 e. The molecule has 0 spiro atoms. The van der Waals surface area contributed by atoms with E-state index in [1.165, 1.54) is 26.4 Å². The van der Waals surface area contributed by atoms with Crippen LogP contribution in [0.25, 0.3) is 0 Å². The summed E-state index contributed by atoms with van der Waals surface area (Å²) >= 11 is 1.77. The number of carbonyl (C=O) groups excluding carboxylic acids is 2. The molecule has 284 valence electrons. The molecule has 0 bridgehead atoms. The number of carbonyl (C=O) groups is 2. The number of hydrogen-bond acceptors (Lipinski definition) is 7. The molecule has 0 amide bonds. The van der Waals surface area contributed by atoms with Gasteiger partial charge < -0.3 is 18.3 Å². The average Bonchev–Trinajstić information content (AvgIpc) is 3.33. The molecule has 1 aromatic carbocycles. The van der Waals surface area contributed by atoms with E-state index in [1.807, 2.05) is 18.2 Å². The normalized spacial score (nSPS) is 18.8. The molecule has 6 nitrogen and oxygen atoms in total. The van der Waals surface area contributed by atoms with Gasteiger partial charge in [0.15, 0.2) is 16.6 Å². The highest BCUT2D eigenvalue weighted by molar-refractivity contribution is 8.03. The van der Waals surface area contributed by atoms with E-state index in [-0.39, 0.29) is 40.1 Å². The monoisotopic (exact) mass is 746 g/mol. The van der Waals surface area contributed by atoms with Crippen LogP contribution in [0.3, 0.4) is 0 Å². The van der Waals surface area contributed by atoms with Crippen LogP contribution in [0, 0.1) is 11.8 Å². The molecule has 1 aliphatic carbocycles. The summed E-state index contributed by atoms with van der Waals surface area (Å²) in [5.41, 5.74) is 0.539. The van der Waals surface area contributed by atoms with E-state index in [0.29, 0.717) is 24.3 Å². The van der Waals surface area contributed by atoms with Crippen LogP contribution in [0.15, 0.2) is 53.1 Å². The first-order valence-corrected chi connectivity index (χ1v) is 25.8. The van der Waals surface area contributed by atoms with Crippen LogP contribution >= 0.6 is 11.8 Å². The van der Waals surface area contributed by atoms with Gasteiger partial charge in [0.2, 0.25) is 0 Å². The van der Waals surface area contributed by atoms with Crippen LogP contribution in [-0.4, -0.2) is 53.6 Å². The van der Waals surface area contributed by atoms with E-state index >= 15 is 0 Å². The van der Waals surface area contributed by atoms with Crippen LogP contribution in [0.1, 0.15) is 124 Å². The average molecular weight is 747 g/mol. The maximum atomic E-state index is 13.5. The second kappa shape index (κ2) is 20.0. The van der Waals surface area contributed by atoms with Crippen molar-refractivity contribution in [1.29, 1.82) is 0 Å². The second-order valence-electron chi connectivity index (χ2n) is 17.2. The van der Waals surface area contributed by atoms with E-state index in [4.69, 9.17) is 18.3 Å². The van der Waals surface area contributed by atoms with Crippen LogP contribution in [0.2, 0.25) is 36.3 Å². The van der Waals surface area contributed by atoms with E-state index < -0.39 is 16.6 Å². The fourth-order valence-corrected chi connectivity index (χ4v) is 9.43. The summed E-state index contributed by atoms with van der Waals surface area (Å²) in [6.07, 6.45) is 12.7. The maximum Gasteiger partial charge on any atom is 0.343 e. The molecule has 0 aliphatic heterocycles. The Labute approximate surface area is 312 Å². The Balaban J connectivity index is 2.55. The zero-order valence-corrected chi connectivity index (χ0v) is 36.6. The molecule has 1 aromatic rings. The predicted molar refractivity (Wildman–Crippen MR) is 217 cm³/mol. The predicted octanol–water partition coefficient (Wildman–Crippen LogP) is 12.1. The first-order valence-electron chi connectivity index (χ1n) is 19.0. The van der Waals surface area contributed by atoms with Gasteiger partial charge in [-0.2, -0.15) is 0 Å². The molecule has 0 heterocycles. The molecule has 0 aromatic heterocycles.